The molecule has 0 bridgehead atoms. The maximum atomic E-state index is 11.1. The van der Waals surface area contributed by atoms with Crippen LogP contribution in [0.15, 0.2) is 22.7 Å². The van der Waals surface area contributed by atoms with E-state index in [0.29, 0.717) is 5.56 Å². The fraction of sp³-hybridized carbons (Fsp3) is 0.300. The summed E-state index contributed by atoms with van der Waals surface area (Å²) in [5, 5.41) is 0. The zero-order chi connectivity index (χ0) is 9.84. The molecule has 0 radical (unpaired) electrons. The number of rotatable bonds is 2. The first-order chi connectivity index (χ1) is 6.19. The van der Waals surface area contributed by atoms with Crippen molar-refractivity contribution >= 4 is 21.9 Å². The number of hydrogen-bond acceptors (Lipinski definition) is 2. The first kappa shape index (κ1) is 10.3. The van der Waals surface area contributed by atoms with Gasteiger partial charge in [0.2, 0.25) is 0 Å². The molecular formula is C10H11BrO2. The van der Waals surface area contributed by atoms with E-state index in [1.165, 1.54) is 12.7 Å². The van der Waals surface area contributed by atoms with Crippen molar-refractivity contribution in [2.45, 2.75) is 13.3 Å². The Balaban J connectivity index is 3.02. The Bertz CT molecular complexity index is 321. The summed E-state index contributed by atoms with van der Waals surface area (Å²) in [5.41, 5.74) is 1.76. The number of methoxy groups -OCH3 is 1. The second-order valence-electron chi connectivity index (χ2n) is 2.65. The lowest BCUT2D eigenvalue weighted by Gasteiger charge is -2.03. The van der Waals surface area contributed by atoms with Gasteiger partial charge >= 0.3 is 5.97 Å². The predicted molar refractivity (Wildman–Crippen MR) is 54.9 cm³/mol. The topological polar surface area (TPSA) is 26.3 Å². The highest BCUT2D eigenvalue weighted by atomic mass is 79.9. The van der Waals surface area contributed by atoms with Crippen LogP contribution < -0.4 is 0 Å². The number of benzene rings is 1. The van der Waals surface area contributed by atoms with Gasteiger partial charge in [-0.05, 0) is 24.1 Å². The fourth-order valence-electron chi connectivity index (χ4n) is 1.08. The van der Waals surface area contributed by atoms with Crippen LogP contribution in [-0.2, 0) is 11.2 Å². The maximum absolute atomic E-state index is 11.1. The third kappa shape index (κ3) is 2.31. The van der Waals surface area contributed by atoms with Crippen LogP contribution in [0.3, 0.4) is 0 Å². The molecule has 0 unspecified atom stereocenters. The van der Waals surface area contributed by atoms with E-state index in [9.17, 15) is 4.79 Å². The molecule has 0 aliphatic rings. The van der Waals surface area contributed by atoms with Crippen molar-refractivity contribution in [3.05, 3.63) is 33.8 Å². The molecule has 3 heteroatoms. The highest BCUT2D eigenvalue weighted by Crippen LogP contribution is 2.19. The molecule has 0 N–H and O–H groups in total. The molecule has 0 atom stereocenters. The van der Waals surface area contributed by atoms with E-state index >= 15 is 0 Å². The van der Waals surface area contributed by atoms with Crippen LogP contribution in [0.4, 0.5) is 0 Å². The number of halogens is 1. The first-order valence-electron chi connectivity index (χ1n) is 4.05. The zero-order valence-electron chi connectivity index (χ0n) is 7.63. The second-order valence-corrected chi connectivity index (χ2v) is 3.51. The van der Waals surface area contributed by atoms with Crippen molar-refractivity contribution in [2.24, 2.45) is 0 Å². The molecule has 13 heavy (non-hydrogen) atoms. The van der Waals surface area contributed by atoms with Gasteiger partial charge in [0.1, 0.15) is 0 Å². The van der Waals surface area contributed by atoms with Gasteiger partial charge in [-0.25, -0.2) is 4.79 Å². The minimum absolute atomic E-state index is 0.302. The Labute approximate surface area is 86.0 Å². The molecule has 0 aliphatic carbocycles. The molecular weight excluding hydrogens is 232 g/mol. The van der Waals surface area contributed by atoms with E-state index in [2.05, 4.69) is 27.6 Å². The van der Waals surface area contributed by atoms with Crippen LogP contribution in [0.2, 0.25) is 0 Å². The van der Waals surface area contributed by atoms with Crippen LogP contribution in [0, 0.1) is 0 Å². The Kier molecular flexibility index (Phi) is 3.48. The number of carbonyl (C=O) groups is 1. The van der Waals surface area contributed by atoms with Gasteiger partial charge in [-0.2, -0.15) is 0 Å². The monoisotopic (exact) mass is 242 g/mol. The third-order valence-corrected chi connectivity index (χ3v) is 2.59. The van der Waals surface area contributed by atoms with Crippen molar-refractivity contribution < 1.29 is 9.53 Å². The molecule has 1 rings (SSSR count). The maximum Gasteiger partial charge on any atom is 0.337 e. The van der Waals surface area contributed by atoms with Gasteiger partial charge in [-0.3, -0.25) is 0 Å². The molecule has 1 aromatic rings. The molecule has 0 saturated heterocycles. The Hall–Kier alpha value is -0.830. The average molecular weight is 243 g/mol. The third-order valence-electron chi connectivity index (χ3n) is 1.86. The normalized spacial score (nSPS) is 9.77. The smallest absolute Gasteiger partial charge is 0.337 e. The van der Waals surface area contributed by atoms with E-state index in [4.69, 9.17) is 0 Å². The summed E-state index contributed by atoms with van der Waals surface area (Å²) in [4.78, 5) is 11.1. The fourth-order valence-corrected chi connectivity index (χ4v) is 1.74. The summed E-state index contributed by atoms with van der Waals surface area (Å²) in [6.07, 6.45) is 0.946. The van der Waals surface area contributed by atoms with Gasteiger partial charge in [0.25, 0.3) is 0 Å². The van der Waals surface area contributed by atoms with E-state index in [0.717, 1.165) is 10.9 Å². The van der Waals surface area contributed by atoms with Crippen LogP contribution in [-0.4, -0.2) is 13.1 Å². The second kappa shape index (κ2) is 4.42. The SMILES string of the molecule is CCc1ccc(C(=O)OC)cc1Br. The zero-order valence-corrected chi connectivity index (χ0v) is 9.22. The standard InChI is InChI=1S/C10H11BrO2/c1-3-7-4-5-8(6-9(7)11)10(12)13-2/h4-6H,3H2,1-2H3. The lowest BCUT2D eigenvalue weighted by Crippen LogP contribution is -2.01. The van der Waals surface area contributed by atoms with Crippen molar-refractivity contribution in [3.63, 3.8) is 0 Å². The summed E-state index contributed by atoms with van der Waals surface area (Å²) < 4.78 is 5.56. The first-order valence-corrected chi connectivity index (χ1v) is 4.85. The number of esters is 1. The Morgan fingerprint density at radius 2 is 2.23 bits per heavy atom. The molecule has 0 fully saturated rings. The summed E-state index contributed by atoms with van der Waals surface area (Å²) >= 11 is 3.40. The molecule has 1 aromatic carbocycles. The van der Waals surface area contributed by atoms with Crippen molar-refractivity contribution in [2.75, 3.05) is 7.11 Å². The molecule has 0 spiro atoms. The Morgan fingerprint density at radius 3 is 2.69 bits per heavy atom. The van der Waals surface area contributed by atoms with Crippen LogP contribution >= 0.6 is 15.9 Å². The number of ether oxygens (including phenoxy) is 1. The average Bonchev–Trinajstić information content (AvgIpc) is 2.16. The van der Waals surface area contributed by atoms with E-state index < -0.39 is 0 Å². The minimum atomic E-state index is -0.302. The van der Waals surface area contributed by atoms with Gasteiger partial charge in [0.05, 0.1) is 12.7 Å². The molecule has 0 amide bonds. The Morgan fingerprint density at radius 1 is 1.54 bits per heavy atom. The quantitative estimate of drug-likeness (QED) is 0.746. The number of carbonyl (C=O) groups excluding carboxylic acids is 1. The summed E-state index contributed by atoms with van der Waals surface area (Å²) in [7, 11) is 1.38. The van der Waals surface area contributed by atoms with Crippen molar-refractivity contribution in [1.29, 1.82) is 0 Å². The van der Waals surface area contributed by atoms with Gasteiger partial charge < -0.3 is 4.74 Å². The minimum Gasteiger partial charge on any atom is -0.465 e. The molecule has 0 heterocycles. The van der Waals surface area contributed by atoms with Gasteiger partial charge in [-0.1, -0.05) is 28.9 Å². The van der Waals surface area contributed by atoms with Crippen molar-refractivity contribution in [1.82, 2.24) is 0 Å². The van der Waals surface area contributed by atoms with Crippen LogP contribution in [0.5, 0.6) is 0 Å². The van der Waals surface area contributed by atoms with Gasteiger partial charge in [0, 0.05) is 4.47 Å². The molecule has 2 nitrogen and oxygen atoms in total. The largest absolute Gasteiger partial charge is 0.465 e. The molecule has 0 aromatic heterocycles. The number of aryl methyl sites for hydroxylation is 1. The lowest BCUT2D eigenvalue weighted by atomic mass is 10.1. The highest BCUT2D eigenvalue weighted by Gasteiger charge is 2.06. The molecule has 0 aliphatic heterocycles. The number of hydrogen-bond donors (Lipinski definition) is 0. The summed E-state index contributed by atoms with van der Waals surface area (Å²) in [5.74, 6) is -0.302. The summed E-state index contributed by atoms with van der Waals surface area (Å²) in [6.45, 7) is 2.07. The van der Waals surface area contributed by atoms with Crippen LogP contribution in [0.25, 0.3) is 0 Å². The highest BCUT2D eigenvalue weighted by molar-refractivity contribution is 9.10. The molecule has 0 saturated carbocycles. The lowest BCUT2D eigenvalue weighted by molar-refractivity contribution is 0.0600. The summed E-state index contributed by atoms with van der Waals surface area (Å²) in [6, 6.07) is 5.48. The van der Waals surface area contributed by atoms with Crippen LogP contribution in [0.1, 0.15) is 22.8 Å². The van der Waals surface area contributed by atoms with E-state index in [1.54, 1.807) is 12.1 Å². The van der Waals surface area contributed by atoms with E-state index in [1.807, 2.05) is 6.07 Å². The van der Waals surface area contributed by atoms with E-state index in [-0.39, 0.29) is 5.97 Å². The van der Waals surface area contributed by atoms with Gasteiger partial charge in [-0.15, -0.1) is 0 Å². The van der Waals surface area contributed by atoms with Gasteiger partial charge in [0.15, 0.2) is 0 Å². The predicted octanol–water partition coefficient (Wildman–Crippen LogP) is 2.80. The van der Waals surface area contributed by atoms with Crippen molar-refractivity contribution in [3.8, 4) is 0 Å². The molecule has 70 valence electrons.